The third kappa shape index (κ3) is 4.88. The lowest BCUT2D eigenvalue weighted by molar-refractivity contribution is -0.119. The van der Waals surface area contributed by atoms with Crippen molar-refractivity contribution in [1.82, 2.24) is 10.6 Å². The molecule has 1 saturated heterocycles. The number of anilines is 1. The van der Waals surface area contributed by atoms with Crippen molar-refractivity contribution >= 4 is 23.2 Å². The Kier molecular flexibility index (Phi) is 6.29. The molecule has 1 aromatic carbocycles. The molecule has 0 aliphatic carbocycles. The number of carbonyl (C=O) groups excluding carboxylic acids is 1. The highest BCUT2D eigenvalue weighted by Crippen LogP contribution is 2.27. The Morgan fingerprint density at radius 3 is 3.10 bits per heavy atom. The van der Waals surface area contributed by atoms with Gasteiger partial charge in [-0.25, -0.2) is 0 Å². The fourth-order valence-electron chi connectivity index (χ4n) is 2.34. The third-order valence-electron chi connectivity index (χ3n) is 3.43. The summed E-state index contributed by atoms with van der Waals surface area (Å²) >= 11 is 6.38. The van der Waals surface area contributed by atoms with Crippen LogP contribution in [0, 0.1) is 0 Å². The van der Waals surface area contributed by atoms with E-state index < -0.39 is 0 Å². The van der Waals surface area contributed by atoms with Gasteiger partial charge in [0.2, 0.25) is 5.91 Å². The molecule has 5 nitrogen and oxygen atoms in total. The zero-order chi connectivity index (χ0) is 15.1. The van der Waals surface area contributed by atoms with E-state index in [4.69, 9.17) is 16.3 Å². The number of amides is 1. The Bertz CT molecular complexity index is 482. The first-order valence-electron chi connectivity index (χ1n) is 7.20. The van der Waals surface area contributed by atoms with E-state index in [2.05, 4.69) is 10.6 Å². The van der Waals surface area contributed by atoms with Gasteiger partial charge in [0, 0.05) is 33.3 Å². The Labute approximate surface area is 130 Å². The van der Waals surface area contributed by atoms with E-state index in [-0.39, 0.29) is 5.91 Å². The number of nitrogens with zero attached hydrogens (tertiary/aromatic N) is 1. The molecule has 0 saturated carbocycles. The van der Waals surface area contributed by atoms with Crippen LogP contribution in [0.15, 0.2) is 18.2 Å². The molecule has 1 aliphatic rings. The Morgan fingerprint density at radius 2 is 2.33 bits per heavy atom. The fourth-order valence-corrected chi connectivity index (χ4v) is 2.66. The lowest BCUT2D eigenvalue weighted by Crippen LogP contribution is -2.33. The van der Waals surface area contributed by atoms with Gasteiger partial charge in [0.25, 0.3) is 0 Å². The maximum absolute atomic E-state index is 11.6. The number of carbonyl (C=O) groups is 1. The Morgan fingerprint density at radius 1 is 1.48 bits per heavy atom. The van der Waals surface area contributed by atoms with Crippen molar-refractivity contribution < 1.29 is 9.53 Å². The van der Waals surface area contributed by atoms with Crippen LogP contribution in [0.5, 0.6) is 0 Å². The summed E-state index contributed by atoms with van der Waals surface area (Å²) in [7, 11) is 1.69. The molecule has 0 atom stereocenters. The van der Waals surface area contributed by atoms with Crippen LogP contribution in [0.3, 0.4) is 0 Å². The molecule has 0 bridgehead atoms. The SMILES string of the molecule is COCCNCc1ccc(N2CCCNC(=O)C2)c(Cl)c1. The lowest BCUT2D eigenvalue weighted by atomic mass is 10.2. The number of hydrogen-bond donors (Lipinski definition) is 2. The monoisotopic (exact) mass is 311 g/mol. The summed E-state index contributed by atoms with van der Waals surface area (Å²) in [5.74, 6) is 0.0499. The van der Waals surface area contributed by atoms with Crippen LogP contribution in [0.1, 0.15) is 12.0 Å². The highest BCUT2D eigenvalue weighted by Gasteiger charge is 2.17. The third-order valence-corrected chi connectivity index (χ3v) is 3.73. The zero-order valence-corrected chi connectivity index (χ0v) is 13.1. The van der Waals surface area contributed by atoms with E-state index in [1.807, 2.05) is 23.1 Å². The van der Waals surface area contributed by atoms with E-state index in [9.17, 15) is 4.79 Å². The van der Waals surface area contributed by atoms with Crippen LogP contribution >= 0.6 is 11.6 Å². The smallest absolute Gasteiger partial charge is 0.239 e. The maximum atomic E-state index is 11.6. The maximum Gasteiger partial charge on any atom is 0.239 e. The average molecular weight is 312 g/mol. The van der Waals surface area contributed by atoms with Gasteiger partial charge < -0.3 is 20.3 Å². The van der Waals surface area contributed by atoms with Gasteiger partial charge in [-0.2, -0.15) is 0 Å². The van der Waals surface area contributed by atoms with Crippen LogP contribution in [0.25, 0.3) is 0 Å². The van der Waals surface area contributed by atoms with E-state index >= 15 is 0 Å². The molecule has 2 rings (SSSR count). The van der Waals surface area contributed by atoms with Gasteiger partial charge in [-0.3, -0.25) is 4.79 Å². The van der Waals surface area contributed by atoms with Crippen molar-refractivity contribution in [2.75, 3.05) is 44.8 Å². The second-order valence-corrected chi connectivity index (χ2v) is 5.49. The summed E-state index contributed by atoms with van der Waals surface area (Å²) < 4.78 is 4.99. The van der Waals surface area contributed by atoms with Crippen molar-refractivity contribution in [2.24, 2.45) is 0 Å². The number of ether oxygens (including phenoxy) is 1. The number of methoxy groups -OCH3 is 1. The minimum absolute atomic E-state index is 0.0499. The molecule has 1 heterocycles. The van der Waals surface area contributed by atoms with Crippen LogP contribution in [-0.2, 0) is 16.1 Å². The largest absolute Gasteiger partial charge is 0.383 e. The average Bonchev–Trinajstić information content (AvgIpc) is 2.68. The van der Waals surface area contributed by atoms with Crippen molar-refractivity contribution in [3.63, 3.8) is 0 Å². The first kappa shape index (κ1) is 16.1. The molecule has 0 spiro atoms. The van der Waals surface area contributed by atoms with Crippen LogP contribution in [0.4, 0.5) is 5.69 Å². The molecule has 0 radical (unpaired) electrons. The van der Waals surface area contributed by atoms with Gasteiger partial charge >= 0.3 is 0 Å². The summed E-state index contributed by atoms with van der Waals surface area (Å²) in [6.07, 6.45) is 0.933. The second kappa shape index (κ2) is 8.22. The van der Waals surface area contributed by atoms with Crippen molar-refractivity contribution in [3.8, 4) is 0 Å². The van der Waals surface area contributed by atoms with Crippen molar-refractivity contribution in [3.05, 3.63) is 28.8 Å². The summed E-state index contributed by atoms with van der Waals surface area (Å²) in [5, 5.41) is 6.84. The molecule has 0 unspecified atom stereocenters. The number of rotatable bonds is 6. The van der Waals surface area contributed by atoms with E-state index in [0.717, 1.165) is 43.9 Å². The summed E-state index contributed by atoms with van der Waals surface area (Å²) in [5.41, 5.74) is 2.05. The molecule has 1 amide bonds. The van der Waals surface area contributed by atoms with E-state index in [1.165, 1.54) is 0 Å². The molecular weight excluding hydrogens is 290 g/mol. The van der Waals surface area contributed by atoms with Crippen LogP contribution in [-0.4, -0.2) is 45.8 Å². The van der Waals surface area contributed by atoms with Gasteiger partial charge in [0.1, 0.15) is 0 Å². The number of hydrogen-bond acceptors (Lipinski definition) is 4. The standard InChI is InChI=1S/C15H22ClN3O2/c1-21-8-6-17-10-12-3-4-14(13(16)9-12)19-7-2-5-18-15(20)11-19/h3-4,9,17H,2,5-8,10-11H2,1H3,(H,18,20). The minimum Gasteiger partial charge on any atom is -0.383 e. The second-order valence-electron chi connectivity index (χ2n) is 5.08. The van der Waals surface area contributed by atoms with Crippen LogP contribution in [0.2, 0.25) is 5.02 Å². The molecule has 6 heteroatoms. The van der Waals surface area contributed by atoms with Gasteiger partial charge in [0.15, 0.2) is 0 Å². The zero-order valence-electron chi connectivity index (χ0n) is 12.3. The number of nitrogens with one attached hydrogen (secondary N) is 2. The van der Waals surface area contributed by atoms with Gasteiger partial charge in [-0.05, 0) is 24.1 Å². The van der Waals surface area contributed by atoms with Gasteiger partial charge in [-0.1, -0.05) is 17.7 Å². The van der Waals surface area contributed by atoms with Crippen LogP contribution < -0.4 is 15.5 Å². The number of benzene rings is 1. The molecule has 116 valence electrons. The first-order valence-corrected chi connectivity index (χ1v) is 7.58. The predicted molar refractivity (Wildman–Crippen MR) is 84.9 cm³/mol. The molecular formula is C15H22ClN3O2. The summed E-state index contributed by atoms with van der Waals surface area (Å²) in [6.45, 7) is 4.18. The fraction of sp³-hybridized carbons (Fsp3) is 0.533. The predicted octanol–water partition coefficient (Wildman–Crippen LogP) is 1.40. The van der Waals surface area contributed by atoms with Gasteiger partial charge in [-0.15, -0.1) is 0 Å². The minimum atomic E-state index is 0.0499. The molecule has 21 heavy (non-hydrogen) atoms. The summed E-state index contributed by atoms with van der Waals surface area (Å²) in [4.78, 5) is 13.7. The molecule has 1 fully saturated rings. The Hall–Kier alpha value is -1.30. The first-order chi connectivity index (χ1) is 10.2. The van der Waals surface area contributed by atoms with Crippen molar-refractivity contribution in [1.29, 1.82) is 0 Å². The van der Waals surface area contributed by atoms with E-state index in [1.54, 1.807) is 7.11 Å². The molecule has 2 N–H and O–H groups in total. The molecule has 1 aromatic rings. The topological polar surface area (TPSA) is 53.6 Å². The van der Waals surface area contributed by atoms with E-state index in [0.29, 0.717) is 18.2 Å². The lowest BCUT2D eigenvalue weighted by Gasteiger charge is -2.23. The molecule has 1 aliphatic heterocycles. The van der Waals surface area contributed by atoms with Gasteiger partial charge in [0.05, 0.1) is 23.9 Å². The number of halogens is 1. The quantitative estimate of drug-likeness (QED) is 0.780. The van der Waals surface area contributed by atoms with Crippen molar-refractivity contribution in [2.45, 2.75) is 13.0 Å². The molecule has 0 aromatic heterocycles. The Balaban J connectivity index is 1.99. The highest BCUT2D eigenvalue weighted by atomic mass is 35.5. The normalized spacial score (nSPS) is 15.7. The summed E-state index contributed by atoms with van der Waals surface area (Å²) in [6, 6.07) is 6.00. The highest BCUT2D eigenvalue weighted by molar-refractivity contribution is 6.33.